The number of benzene rings is 1. The number of hydrogen-bond donors (Lipinski definition) is 3. The first-order valence-electron chi connectivity index (χ1n) is 11.0. The SMILES string of the molecule is CC(C)(C)OC(=O)NCCCOCCOCCOCCCNc1c(F)c(N)c(F)c(F)c1[N+](=O)[O-]. The van der Waals surface area contributed by atoms with Gasteiger partial charge in [0.25, 0.3) is 0 Å². The second-order valence-electron chi connectivity index (χ2n) is 8.24. The van der Waals surface area contributed by atoms with Gasteiger partial charge in [0.05, 0.1) is 31.4 Å². The summed E-state index contributed by atoms with van der Waals surface area (Å²) in [6.07, 6.45) is 0.454. The first-order chi connectivity index (χ1) is 16.5. The van der Waals surface area contributed by atoms with Crippen molar-refractivity contribution in [2.24, 2.45) is 0 Å². The van der Waals surface area contributed by atoms with E-state index in [-0.39, 0.29) is 19.8 Å². The number of rotatable bonds is 16. The zero-order chi connectivity index (χ0) is 26.4. The van der Waals surface area contributed by atoms with Crippen LogP contribution < -0.4 is 16.4 Å². The van der Waals surface area contributed by atoms with Crippen LogP contribution in [0, 0.1) is 27.6 Å². The molecule has 0 radical (unpaired) electrons. The Morgan fingerprint density at radius 2 is 1.43 bits per heavy atom. The van der Waals surface area contributed by atoms with E-state index >= 15 is 0 Å². The van der Waals surface area contributed by atoms with Gasteiger partial charge in [-0.15, -0.1) is 0 Å². The van der Waals surface area contributed by atoms with Gasteiger partial charge in [-0.1, -0.05) is 0 Å². The normalized spacial score (nSPS) is 11.4. The fourth-order valence-corrected chi connectivity index (χ4v) is 2.61. The molecule has 0 spiro atoms. The maximum absolute atomic E-state index is 14.0. The Morgan fingerprint density at radius 3 is 1.94 bits per heavy atom. The zero-order valence-corrected chi connectivity index (χ0v) is 20.1. The average Bonchev–Trinajstić information content (AvgIpc) is 2.76. The smallest absolute Gasteiger partial charge is 0.407 e. The summed E-state index contributed by atoms with van der Waals surface area (Å²) in [5.41, 5.74) is 1.28. The van der Waals surface area contributed by atoms with Crippen LogP contribution in [0.4, 0.5) is 35.0 Å². The number of nitrogens with one attached hydrogen (secondary N) is 2. The molecule has 0 atom stereocenters. The molecular weight excluding hydrogens is 477 g/mol. The van der Waals surface area contributed by atoms with Crippen molar-refractivity contribution in [1.29, 1.82) is 0 Å². The number of carbonyl (C=O) groups excluding carboxylic acids is 1. The molecule has 0 unspecified atom stereocenters. The largest absolute Gasteiger partial charge is 0.444 e. The lowest BCUT2D eigenvalue weighted by Crippen LogP contribution is -2.33. The van der Waals surface area contributed by atoms with Gasteiger partial charge in [0.15, 0.2) is 17.3 Å². The predicted molar refractivity (Wildman–Crippen MR) is 122 cm³/mol. The number of halogens is 3. The van der Waals surface area contributed by atoms with Gasteiger partial charge in [-0.2, -0.15) is 4.39 Å². The lowest BCUT2D eigenvalue weighted by atomic mass is 10.2. The molecule has 1 aromatic carbocycles. The fraction of sp³-hybridized carbons (Fsp3) is 0.667. The standard InChI is InChI=1S/C21H33F3N4O7/c1-21(2,3)35-20(29)27-7-5-9-33-11-13-34-12-10-32-8-4-6-26-18-16(24)17(25)14(22)15(23)19(18)28(30)31/h26H,4-13,25H2,1-3H3,(H,27,29). The summed E-state index contributed by atoms with van der Waals surface area (Å²) in [4.78, 5) is 21.2. The van der Waals surface area contributed by atoms with Gasteiger partial charge in [0, 0.05) is 26.3 Å². The Hall–Kier alpha value is -2.84. The molecule has 1 amide bonds. The molecule has 14 heteroatoms. The predicted octanol–water partition coefficient (Wildman–Crippen LogP) is 3.36. The highest BCUT2D eigenvalue weighted by atomic mass is 19.2. The van der Waals surface area contributed by atoms with Gasteiger partial charge < -0.3 is 35.3 Å². The number of hydrogen-bond acceptors (Lipinski definition) is 9. The number of amides is 1. The van der Waals surface area contributed by atoms with Crippen molar-refractivity contribution in [3.63, 3.8) is 0 Å². The van der Waals surface area contributed by atoms with Crippen molar-refractivity contribution < 1.29 is 41.8 Å². The van der Waals surface area contributed by atoms with Crippen LogP contribution in [0.2, 0.25) is 0 Å². The fourth-order valence-electron chi connectivity index (χ4n) is 2.61. The van der Waals surface area contributed by atoms with Gasteiger partial charge in [-0.25, -0.2) is 13.6 Å². The summed E-state index contributed by atoms with van der Waals surface area (Å²) >= 11 is 0. The number of nitro benzene ring substituents is 1. The molecule has 0 saturated carbocycles. The van der Waals surface area contributed by atoms with E-state index in [0.717, 1.165) is 0 Å². The van der Waals surface area contributed by atoms with E-state index in [2.05, 4.69) is 10.6 Å². The van der Waals surface area contributed by atoms with Crippen LogP contribution in [0.1, 0.15) is 33.6 Å². The minimum absolute atomic E-state index is 0.000244. The summed E-state index contributed by atoms with van der Waals surface area (Å²) in [5, 5.41) is 15.9. The molecule has 4 N–H and O–H groups in total. The third-order valence-corrected chi connectivity index (χ3v) is 4.16. The number of carbonyl (C=O) groups is 1. The topological polar surface area (TPSA) is 147 Å². The molecule has 11 nitrogen and oxygen atoms in total. The molecule has 200 valence electrons. The maximum atomic E-state index is 14.0. The molecule has 1 aromatic rings. The molecule has 0 saturated heterocycles. The molecule has 0 aromatic heterocycles. The van der Waals surface area contributed by atoms with Gasteiger partial charge in [0.2, 0.25) is 5.82 Å². The Labute approximate surface area is 201 Å². The summed E-state index contributed by atoms with van der Waals surface area (Å²) in [6, 6.07) is 0. The number of alkyl carbamates (subject to hydrolysis) is 1. The summed E-state index contributed by atoms with van der Waals surface area (Å²) < 4.78 is 62.4. The van der Waals surface area contributed by atoms with E-state index in [1.165, 1.54) is 0 Å². The van der Waals surface area contributed by atoms with E-state index in [1.807, 2.05) is 0 Å². The first-order valence-corrected chi connectivity index (χ1v) is 11.0. The second-order valence-corrected chi connectivity index (χ2v) is 8.24. The van der Waals surface area contributed by atoms with E-state index in [0.29, 0.717) is 45.8 Å². The Morgan fingerprint density at radius 1 is 0.914 bits per heavy atom. The number of nitrogens with two attached hydrogens (primary N) is 1. The van der Waals surface area contributed by atoms with Crippen LogP contribution in [0.3, 0.4) is 0 Å². The number of nitro groups is 1. The molecule has 35 heavy (non-hydrogen) atoms. The van der Waals surface area contributed by atoms with E-state index in [4.69, 9.17) is 24.7 Å². The number of anilines is 2. The van der Waals surface area contributed by atoms with Crippen LogP contribution in [0.5, 0.6) is 0 Å². The quantitative estimate of drug-likeness (QED) is 0.100. The van der Waals surface area contributed by atoms with Crippen molar-refractivity contribution in [2.45, 2.75) is 39.2 Å². The number of nitrogens with zero attached hydrogens (tertiary/aromatic N) is 1. The van der Waals surface area contributed by atoms with Crippen LogP contribution in [-0.2, 0) is 18.9 Å². The summed E-state index contributed by atoms with van der Waals surface area (Å²) in [6.45, 7) is 7.75. The first kappa shape index (κ1) is 30.2. The zero-order valence-electron chi connectivity index (χ0n) is 20.1. The third-order valence-electron chi connectivity index (χ3n) is 4.16. The molecule has 0 aliphatic heterocycles. The number of ether oxygens (including phenoxy) is 4. The molecule has 0 aliphatic carbocycles. The number of nitrogen functional groups attached to an aromatic ring is 1. The van der Waals surface area contributed by atoms with E-state index in [9.17, 15) is 28.1 Å². The molecule has 1 rings (SSSR count). The highest BCUT2D eigenvalue weighted by molar-refractivity contribution is 5.70. The van der Waals surface area contributed by atoms with Gasteiger partial charge >= 0.3 is 11.8 Å². The Kier molecular flexibility index (Phi) is 13.1. The monoisotopic (exact) mass is 510 g/mol. The van der Waals surface area contributed by atoms with Crippen LogP contribution in [0.15, 0.2) is 0 Å². The van der Waals surface area contributed by atoms with Crippen molar-refractivity contribution in [2.75, 3.05) is 63.8 Å². The van der Waals surface area contributed by atoms with Crippen LogP contribution >= 0.6 is 0 Å². The van der Waals surface area contributed by atoms with Crippen LogP contribution in [0.25, 0.3) is 0 Å². The van der Waals surface area contributed by atoms with Crippen molar-refractivity contribution >= 4 is 23.2 Å². The molecular formula is C21H33F3N4O7. The maximum Gasteiger partial charge on any atom is 0.407 e. The van der Waals surface area contributed by atoms with Gasteiger partial charge in [-0.05, 0) is 33.6 Å². The lowest BCUT2D eigenvalue weighted by molar-refractivity contribution is -0.387. The minimum Gasteiger partial charge on any atom is -0.444 e. The lowest BCUT2D eigenvalue weighted by Gasteiger charge is -2.19. The Balaban J connectivity index is 2.06. The van der Waals surface area contributed by atoms with Gasteiger partial charge in [0.1, 0.15) is 11.3 Å². The minimum atomic E-state index is -1.83. The van der Waals surface area contributed by atoms with Gasteiger partial charge in [-0.3, -0.25) is 10.1 Å². The molecule has 0 fully saturated rings. The molecule has 0 aliphatic rings. The van der Waals surface area contributed by atoms with E-state index in [1.54, 1.807) is 20.8 Å². The highest BCUT2D eigenvalue weighted by Crippen LogP contribution is 2.36. The van der Waals surface area contributed by atoms with E-state index < -0.39 is 51.1 Å². The highest BCUT2D eigenvalue weighted by Gasteiger charge is 2.31. The van der Waals surface area contributed by atoms with Crippen molar-refractivity contribution in [3.05, 3.63) is 27.6 Å². The third kappa shape index (κ3) is 11.4. The second kappa shape index (κ2) is 15.2. The summed E-state index contributed by atoms with van der Waals surface area (Å²) in [5.74, 6) is -5.05. The average molecular weight is 511 g/mol. The van der Waals surface area contributed by atoms with Crippen molar-refractivity contribution in [1.82, 2.24) is 5.32 Å². The van der Waals surface area contributed by atoms with Crippen LogP contribution in [-0.4, -0.2) is 69.3 Å². The Bertz CT molecular complexity index is 838. The molecule has 0 heterocycles. The molecule has 0 bridgehead atoms. The summed E-state index contributed by atoms with van der Waals surface area (Å²) in [7, 11) is 0. The van der Waals surface area contributed by atoms with Crippen molar-refractivity contribution in [3.8, 4) is 0 Å².